The van der Waals surface area contributed by atoms with Gasteiger partial charge < -0.3 is 9.73 Å². The van der Waals surface area contributed by atoms with Gasteiger partial charge in [-0.05, 0) is 47.2 Å². The fourth-order valence-electron chi connectivity index (χ4n) is 2.28. The highest BCUT2D eigenvalue weighted by Crippen LogP contribution is 2.25. The Morgan fingerprint density at radius 3 is 2.91 bits per heavy atom. The zero-order chi connectivity index (χ0) is 16.1. The van der Waals surface area contributed by atoms with E-state index in [0.29, 0.717) is 24.4 Å². The summed E-state index contributed by atoms with van der Waals surface area (Å²) in [6, 6.07) is 11.6. The molecule has 2 aromatic heterocycles. The maximum absolute atomic E-state index is 12.0. The van der Waals surface area contributed by atoms with Crippen molar-refractivity contribution in [1.29, 1.82) is 0 Å². The Morgan fingerprint density at radius 2 is 2.13 bits per heavy atom. The highest BCUT2D eigenvalue weighted by molar-refractivity contribution is 7.10. The van der Waals surface area contributed by atoms with Crippen molar-refractivity contribution in [3.05, 3.63) is 69.8 Å². The Balaban J connectivity index is 1.47. The number of benzene rings is 1. The van der Waals surface area contributed by atoms with Crippen molar-refractivity contribution in [1.82, 2.24) is 5.32 Å². The topological polar surface area (TPSA) is 42.2 Å². The molecule has 23 heavy (non-hydrogen) atoms. The molecule has 0 unspecified atom stereocenters. The lowest BCUT2D eigenvalue weighted by Gasteiger charge is -2.04. The fraction of sp³-hybridized carbons (Fsp3) is 0.167. The molecule has 5 heteroatoms. The summed E-state index contributed by atoms with van der Waals surface area (Å²) in [6.45, 7) is 0.552. The standard InChI is InChI=1S/C18H16ClNO2S/c19-16-3-1-2-13(8-16)4-5-18(21)20-10-17-9-15(12-23-17)14-6-7-22-11-14/h1-3,6-9,11-12H,4-5,10H2,(H,20,21). The van der Waals surface area contributed by atoms with Crippen molar-refractivity contribution in [2.45, 2.75) is 19.4 Å². The third kappa shape index (κ3) is 4.47. The van der Waals surface area contributed by atoms with E-state index in [-0.39, 0.29) is 5.91 Å². The predicted molar refractivity (Wildman–Crippen MR) is 93.6 cm³/mol. The number of aryl methyl sites for hydroxylation is 1. The molecule has 3 nitrogen and oxygen atoms in total. The van der Waals surface area contributed by atoms with Crippen LogP contribution in [0.4, 0.5) is 0 Å². The third-order valence-corrected chi connectivity index (χ3v) is 4.67. The second-order valence-electron chi connectivity index (χ2n) is 5.22. The SMILES string of the molecule is O=C(CCc1cccc(Cl)c1)NCc1cc(-c2ccoc2)cs1. The van der Waals surface area contributed by atoms with E-state index in [9.17, 15) is 4.79 Å². The van der Waals surface area contributed by atoms with Crippen molar-refractivity contribution in [3.63, 3.8) is 0 Å². The second kappa shape index (κ2) is 7.49. The molecule has 0 aliphatic rings. The molecule has 2 heterocycles. The minimum absolute atomic E-state index is 0.0447. The summed E-state index contributed by atoms with van der Waals surface area (Å²) < 4.78 is 5.08. The summed E-state index contributed by atoms with van der Waals surface area (Å²) in [5.41, 5.74) is 3.25. The molecule has 0 bridgehead atoms. The van der Waals surface area contributed by atoms with Crippen LogP contribution >= 0.6 is 22.9 Å². The maximum atomic E-state index is 12.0. The van der Waals surface area contributed by atoms with Crippen LogP contribution in [0.3, 0.4) is 0 Å². The Morgan fingerprint density at radius 1 is 1.22 bits per heavy atom. The van der Waals surface area contributed by atoms with Gasteiger partial charge in [-0.15, -0.1) is 11.3 Å². The zero-order valence-corrected chi connectivity index (χ0v) is 14.0. The van der Waals surface area contributed by atoms with Gasteiger partial charge in [-0.25, -0.2) is 0 Å². The molecule has 0 saturated carbocycles. The highest BCUT2D eigenvalue weighted by Gasteiger charge is 2.06. The van der Waals surface area contributed by atoms with Gasteiger partial charge in [0.25, 0.3) is 0 Å². The van der Waals surface area contributed by atoms with Crippen LogP contribution in [0.1, 0.15) is 16.9 Å². The van der Waals surface area contributed by atoms with Crippen molar-refractivity contribution >= 4 is 28.8 Å². The number of hydrogen-bond donors (Lipinski definition) is 1. The number of furan rings is 1. The molecule has 0 aliphatic heterocycles. The van der Waals surface area contributed by atoms with E-state index in [2.05, 4.69) is 16.8 Å². The van der Waals surface area contributed by atoms with Gasteiger partial charge in [-0.2, -0.15) is 0 Å². The van der Waals surface area contributed by atoms with Crippen molar-refractivity contribution in [2.75, 3.05) is 0 Å². The molecule has 0 radical (unpaired) electrons. The number of thiophene rings is 1. The lowest BCUT2D eigenvalue weighted by Crippen LogP contribution is -2.22. The van der Waals surface area contributed by atoms with Crippen LogP contribution in [0.15, 0.2) is 58.7 Å². The van der Waals surface area contributed by atoms with Crippen LogP contribution < -0.4 is 5.32 Å². The van der Waals surface area contributed by atoms with Crippen molar-refractivity contribution in [3.8, 4) is 11.1 Å². The smallest absolute Gasteiger partial charge is 0.220 e. The lowest BCUT2D eigenvalue weighted by molar-refractivity contribution is -0.121. The third-order valence-electron chi connectivity index (χ3n) is 3.50. The van der Waals surface area contributed by atoms with Crippen LogP contribution in [-0.2, 0) is 17.8 Å². The van der Waals surface area contributed by atoms with Crippen molar-refractivity contribution < 1.29 is 9.21 Å². The minimum Gasteiger partial charge on any atom is -0.472 e. The van der Waals surface area contributed by atoms with Gasteiger partial charge in [0, 0.05) is 21.9 Å². The Kier molecular flexibility index (Phi) is 5.16. The number of nitrogens with one attached hydrogen (secondary N) is 1. The van der Waals surface area contributed by atoms with Gasteiger partial charge in [0.1, 0.15) is 0 Å². The summed E-state index contributed by atoms with van der Waals surface area (Å²) in [6.07, 6.45) is 4.52. The number of rotatable bonds is 6. The molecule has 118 valence electrons. The summed E-state index contributed by atoms with van der Waals surface area (Å²) in [5.74, 6) is 0.0447. The van der Waals surface area contributed by atoms with Gasteiger partial charge in [0.05, 0.1) is 19.1 Å². The van der Waals surface area contributed by atoms with Crippen molar-refractivity contribution in [2.24, 2.45) is 0 Å². The largest absolute Gasteiger partial charge is 0.472 e. The summed E-state index contributed by atoms with van der Waals surface area (Å²) >= 11 is 7.57. The molecule has 0 atom stereocenters. The van der Waals surface area contributed by atoms with Crippen LogP contribution in [0, 0.1) is 0 Å². The summed E-state index contributed by atoms with van der Waals surface area (Å²) in [7, 11) is 0. The first-order valence-electron chi connectivity index (χ1n) is 7.32. The molecule has 3 aromatic rings. The Bertz CT molecular complexity index is 780. The zero-order valence-electron chi connectivity index (χ0n) is 12.4. The number of carbonyl (C=O) groups excluding carboxylic acids is 1. The van der Waals surface area contributed by atoms with Crippen LogP contribution in [0.5, 0.6) is 0 Å². The summed E-state index contributed by atoms with van der Waals surface area (Å²) in [4.78, 5) is 13.1. The van der Waals surface area contributed by atoms with Gasteiger partial charge in [0.15, 0.2) is 0 Å². The van der Waals surface area contributed by atoms with Crippen LogP contribution in [0.25, 0.3) is 11.1 Å². The monoisotopic (exact) mass is 345 g/mol. The van der Waals surface area contributed by atoms with E-state index in [1.807, 2.05) is 30.3 Å². The number of halogens is 1. The van der Waals surface area contributed by atoms with E-state index in [1.54, 1.807) is 23.9 Å². The second-order valence-corrected chi connectivity index (χ2v) is 6.65. The average Bonchev–Trinajstić information content (AvgIpc) is 3.22. The molecule has 0 aliphatic carbocycles. The maximum Gasteiger partial charge on any atom is 0.220 e. The molecular weight excluding hydrogens is 330 g/mol. The van der Waals surface area contributed by atoms with Gasteiger partial charge in [-0.1, -0.05) is 23.7 Å². The van der Waals surface area contributed by atoms with Crippen LogP contribution in [-0.4, -0.2) is 5.91 Å². The first-order valence-corrected chi connectivity index (χ1v) is 8.57. The first kappa shape index (κ1) is 15.8. The Labute approximate surface area is 143 Å². The molecule has 1 aromatic carbocycles. The molecule has 0 saturated heterocycles. The Hall–Kier alpha value is -2.04. The number of amides is 1. The fourth-order valence-corrected chi connectivity index (χ4v) is 3.32. The normalized spacial score (nSPS) is 10.7. The first-order chi connectivity index (χ1) is 11.2. The molecule has 0 fully saturated rings. The van der Waals surface area contributed by atoms with E-state index in [0.717, 1.165) is 21.6 Å². The molecule has 1 amide bonds. The predicted octanol–water partition coefficient (Wildman–Crippen LogP) is 4.91. The lowest BCUT2D eigenvalue weighted by atomic mass is 10.1. The van der Waals surface area contributed by atoms with E-state index < -0.39 is 0 Å². The highest BCUT2D eigenvalue weighted by atomic mass is 35.5. The average molecular weight is 346 g/mol. The molecule has 3 rings (SSSR count). The molecular formula is C18H16ClNO2S. The molecule has 0 spiro atoms. The van der Waals surface area contributed by atoms with Gasteiger partial charge in [0.2, 0.25) is 5.91 Å². The quantitative estimate of drug-likeness (QED) is 0.689. The van der Waals surface area contributed by atoms with E-state index in [1.165, 1.54) is 0 Å². The molecule has 1 N–H and O–H groups in total. The van der Waals surface area contributed by atoms with E-state index in [4.69, 9.17) is 16.0 Å². The number of hydrogen-bond acceptors (Lipinski definition) is 3. The van der Waals surface area contributed by atoms with Crippen LogP contribution in [0.2, 0.25) is 5.02 Å². The number of carbonyl (C=O) groups is 1. The van der Waals surface area contributed by atoms with E-state index >= 15 is 0 Å². The van der Waals surface area contributed by atoms with Gasteiger partial charge in [-0.3, -0.25) is 4.79 Å². The summed E-state index contributed by atoms with van der Waals surface area (Å²) in [5, 5.41) is 5.73. The minimum atomic E-state index is 0.0447. The van der Waals surface area contributed by atoms with Gasteiger partial charge >= 0.3 is 0 Å².